The standard InChI is InChI=1S/C19H23NO4/c1-14(24-18-11-9-17(23-4)10-12-18)19(21)20(2)13-15-5-7-16(22-3)8-6-15/h5-12,14H,13H2,1-4H3/t14-/m0/s1. The molecule has 0 N–H and O–H groups in total. The summed E-state index contributed by atoms with van der Waals surface area (Å²) in [5.74, 6) is 2.10. The van der Waals surface area contributed by atoms with E-state index >= 15 is 0 Å². The number of carbonyl (C=O) groups is 1. The van der Waals surface area contributed by atoms with Crippen LogP contribution < -0.4 is 14.2 Å². The number of amides is 1. The van der Waals surface area contributed by atoms with Gasteiger partial charge in [0.05, 0.1) is 14.2 Å². The third-order valence-corrected chi connectivity index (χ3v) is 3.68. The lowest BCUT2D eigenvalue weighted by Gasteiger charge is -2.22. The van der Waals surface area contributed by atoms with Gasteiger partial charge in [-0.3, -0.25) is 4.79 Å². The molecule has 0 aliphatic rings. The van der Waals surface area contributed by atoms with E-state index in [1.807, 2.05) is 24.3 Å². The van der Waals surface area contributed by atoms with Gasteiger partial charge >= 0.3 is 0 Å². The highest BCUT2D eigenvalue weighted by molar-refractivity contribution is 5.80. The van der Waals surface area contributed by atoms with Gasteiger partial charge in [0.1, 0.15) is 17.2 Å². The van der Waals surface area contributed by atoms with E-state index in [2.05, 4.69) is 0 Å². The van der Waals surface area contributed by atoms with Gasteiger partial charge in [-0.15, -0.1) is 0 Å². The molecule has 5 heteroatoms. The number of likely N-dealkylation sites (N-methyl/N-ethyl adjacent to an activating group) is 1. The first-order valence-electron chi connectivity index (χ1n) is 7.72. The molecule has 128 valence electrons. The molecule has 2 rings (SSSR count). The van der Waals surface area contributed by atoms with Crippen molar-refractivity contribution in [1.29, 1.82) is 0 Å². The molecule has 2 aromatic carbocycles. The Kier molecular flexibility index (Phi) is 6.07. The molecule has 0 unspecified atom stereocenters. The van der Waals surface area contributed by atoms with Crippen LogP contribution in [0.4, 0.5) is 0 Å². The van der Waals surface area contributed by atoms with Gasteiger partial charge < -0.3 is 19.1 Å². The van der Waals surface area contributed by atoms with Crippen LogP contribution in [0.5, 0.6) is 17.2 Å². The Balaban J connectivity index is 1.92. The summed E-state index contributed by atoms with van der Waals surface area (Å²) in [5.41, 5.74) is 1.03. The number of hydrogen-bond donors (Lipinski definition) is 0. The highest BCUT2D eigenvalue weighted by Gasteiger charge is 2.19. The Bertz CT molecular complexity index is 595. The third kappa shape index (κ3) is 4.65. The summed E-state index contributed by atoms with van der Waals surface area (Å²) in [4.78, 5) is 14.1. The fourth-order valence-electron chi connectivity index (χ4n) is 2.30. The molecule has 0 aromatic heterocycles. The fraction of sp³-hybridized carbons (Fsp3) is 0.316. The van der Waals surface area contributed by atoms with Crippen LogP contribution >= 0.6 is 0 Å². The van der Waals surface area contributed by atoms with Crippen LogP contribution in [0.1, 0.15) is 12.5 Å². The molecule has 0 saturated heterocycles. The van der Waals surface area contributed by atoms with Gasteiger partial charge in [0.15, 0.2) is 6.10 Å². The number of hydrogen-bond acceptors (Lipinski definition) is 4. The number of ether oxygens (including phenoxy) is 3. The van der Waals surface area contributed by atoms with Crippen molar-refractivity contribution in [1.82, 2.24) is 4.90 Å². The van der Waals surface area contributed by atoms with Crippen LogP contribution in [0.3, 0.4) is 0 Å². The zero-order valence-electron chi connectivity index (χ0n) is 14.5. The van der Waals surface area contributed by atoms with E-state index in [4.69, 9.17) is 14.2 Å². The minimum Gasteiger partial charge on any atom is -0.497 e. The quantitative estimate of drug-likeness (QED) is 0.783. The SMILES string of the molecule is COc1ccc(CN(C)C(=O)[C@H](C)Oc2ccc(OC)cc2)cc1. The predicted octanol–water partition coefficient (Wildman–Crippen LogP) is 3.13. The van der Waals surface area contributed by atoms with Crippen LogP contribution in [0.2, 0.25) is 0 Å². The molecule has 0 fully saturated rings. The second-order valence-corrected chi connectivity index (χ2v) is 5.48. The van der Waals surface area contributed by atoms with Gasteiger partial charge in [-0.05, 0) is 48.9 Å². The summed E-state index contributed by atoms with van der Waals surface area (Å²) in [6.07, 6.45) is -0.568. The number of carbonyl (C=O) groups excluding carboxylic acids is 1. The van der Waals surface area contributed by atoms with Gasteiger partial charge in [0.25, 0.3) is 5.91 Å². The van der Waals surface area contributed by atoms with Crippen molar-refractivity contribution in [2.24, 2.45) is 0 Å². The molecule has 0 heterocycles. The minimum absolute atomic E-state index is 0.0818. The number of methoxy groups -OCH3 is 2. The number of nitrogens with zero attached hydrogens (tertiary/aromatic N) is 1. The Morgan fingerprint density at radius 1 is 0.917 bits per heavy atom. The Morgan fingerprint density at radius 3 is 1.88 bits per heavy atom. The second-order valence-electron chi connectivity index (χ2n) is 5.48. The van der Waals surface area contributed by atoms with E-state index < -0.39 is 6.10 Å². The second kappa shape index (κ2) is 8.24. The predicted molar refractivity (Wildman–Crippen MR) is 92.6 cm³/mol. The molecule has 0 aliphatic carbocycles. The normalized spacial score (nSPS) is 11.5. The van der Waals surface area contributed by atoms with Crippen LogP contribution in [0.25, 0.3) is 0 Å². The molecular formula is C19H23NO4. The fourth-order valence-corrected chi connectivity index (χ4v) is 2.30. The lowest BCUT2D eigenvalue weighted by Crippen LogP contribution is -2.37. The highest BCUT2D eigenvalue weighted by Crippen LogP contribution is 2.19. The highest BCUT2D eigenvalue weighted by atomic mass is 16.5. The van der Waals surface area contributed by atoms with E-state index in [-0.39, 0.29) is 5.91 Å². The van der Waals surface area contributed by atoms with Gasteiger partial charge in [0, 0.05) is 13.6 Å². The summed E-state index contributed by atoms with van der Waals surface area (Å²) in [6.45, 7) is 2.26. The van der Waals surface area contributed by atoms with E-state index in [1.165, 1.54) is 0 Å². The molecule has 5 nitrogen and oxygen atoms in total. The topological polar surface area (TPSA) is 48.0 Å². The summed E-state index contributed by atoms with van der Waals surface area (Å²) in [7, 11) is 5.00. The third-order valence-electron chi connectivity index (χ3n) is 3.68. The maximum absolute atomic E-state index is 12.4. The first-order chi connectivity index (χ1) is 11.5. The van der Waals surface area contributed by atoms with Crippen molar-refractivity contribution >= 4 is 5.91 Å². The lowest BCUT2D eigenvalue weighted by molar-refractivity contribution is -0.137. The molecule has 0 saturated carbocycles. The largest absolute Gasteiger partial charge is 0.497 e. The molecule has 24 heavy (non-hydrogen) atoms. The van der Waals surface area contributed by atoms with Crippen LogP contribution in [-0.4, -0.2) is 38.2 Å². The molecular weight excluding hydrogens is 306 g/mol. The Hall–Kier alpha value is -2.69. The summed E-state index contributed by atoms with van der Waals surface area (Å²) >= 11 is 0. The zero-order valence-corrected chi connectivity index (χ0v) is 14.5. The molecule has 2 aromatic rings. The van der Waals surface area contributed by atoms with E-state index in [0.717, 1.165) is 17.1 Å². The average molecular weight is 329 g/mol. The average Bonchev–Trinajstić information content (AvgIpc) is 2.62. The maximum atomic E-state index is 12.4. The molecule has 0 radical (unpaired) electrons. The van der Waals surface area contributed by atoms with Crippen molar-refractivity contribution in [2.45, 2.75) is 19.6 Å². The van der Waals surface area contributed by atoms with E-state index in [1.54, 1.807) is 57.4 Å². The Labute approximate surface area is 142 Å². The molecule has 1 amide bonds. The van der Waals surface area contributed by atoms with Gasteiger partial charge in [-0.1, -0.05) is 12.1 Å². The molecule has 0 bridgehead atoms. The smallest absolute Gasteiger partial charge is 0.263 e. The van der Waals surface area contributed by atoms with E-state index in [0.29, 0.717) is 12.3 Å². The van der Waals surface area contributed by atoms with Crippen molar-refractivity contribution in [2.75, 3.05) is 21.3 Å². The van der Waals surface area contributed by atoms with Crippen molar-refractivity contribution in [3.8, 4) is 17.2 Å². The van der Waals surface area contributed by atoms with Crippen LogP contribution in [-0.2, 0) is 11.3 Å². The molecule has 0 spiro atoms. The summed E-state index contributed by atoms with van der Waals surface area (Å²) in [6, 6.07) is 14.8. The number of rotatable bonds is 7. The lowest BCUT2D eigenvalue weighted by atomic mass is 10.2. The first-order valence-corrected chi connectivity index (χ1v) is 7.72. The minimum atomic E-state index is -0.568. The van der Waals surface area contributed by atoms with Crippen molar-refractivity contribution in [3.05, 3.63) is 54.1 Å². The van der Waals surface area contributed by atoms with Gasteiger partial charge in [-0.25, -0.2) is 0 Å². The van der Waals surface area contributed by atoms with Crippen LogP contribution in [0.15, 0.2) is 48.5 Å². The molecule has 1 atom stereocenters. The monoisotopic (exact) mass is 329 g/mol. The maximum Gasteiger partial charge on any atom is 0.263 e. The molecule has 0 aliphatic heterocycles. The summed E-state index contributed by atoms with van der Waals surface area (Å²) in [5, 5.41) is 0. The van der Waals surface area contributed by atoms with Crippen molar-refractivity contribution in [3.63, 3.8) is 0 Å². The van der Waals surface area contributed by atoms with Crippen molar-refractivity contribution < 1.29 is 19.0 Å². The summed E-state index contributed by atoms with van der Waals surface area (Å²) < 4.78 is 15.9. The number of benzene rings is 2. The van der Waals surface area contributed by atoms with Gasteiger partial charge in [0.2, 0.25) is 0 Å². The first kappa shape index (κ1) is 17.7. The Morgan fingerprint density at radius 2 is 1.38 bits per heavy atom. The van der Waals surface area contributed by atoms with E-state index in [9.17, 15) is 4.79 Å². The zero-order chi connectivity index (χ0) is 17.5. The van der Waals surface area contributed by atoms with Gasteiger partial charge in [-0.2, -0.15) is 0 Å². The van der Waals surface area contributed by atoms with Crippen LogP contribution in [0, 0.1) is 0 Å².